The van der Waals surface area contributed by atoms with Crippen molar-refractivity contribution in [2.24, 2.45) is 7.05 Å². The number of ether oxygens (including phenoxy) is 1. The van der Waals surface area contributed by atoms with E-state index in [1.807, 2.05) is 30.3 Å². The van der Waals surface area contributed by atoms with Crippen molar-refractivity contribution in [2.75, 3.05) is 31.1 Å². The second-order valence-electron chi connectivity index (χ2n) is 8.52. The molecule has 0 radical (unpaired) electrons. The number of carbonyl (C=O) groups is 1. The Balaban J connectivity index is 1.61. The Morgan fingerprint density at radius 2 is 2.00 bits per heavy atom. The summed E-state index contributed by atoms with van der Waals surface area (Å²) in [7, 11) is 1.60. The fourth-order valence-corrected chi connectivity index (χ4v) is 4.63. The van der Waals surface area contributed by atoms with E-state index in [1.54, 1.807) is 18.9 Å². The van der Waals surface area contributed by atoms with Crippen molar-refractivity contribution in [3.05, 3.63) is 81.6 Å². The number of aryl methyl sites for hydroxylation is 1. The molecule has 2 aromatic carbocycles. The van der Waals surface area contributed by atoms with Crippen LogP contribution in [0.2, 0.25) is 0 Å². The lowest BCUT2D eigenvalue weighted by Gasteiger charge is -2.36. The average molecular weight is 478 g/mol. The first kappa shape index (κ1) is 22.9. The highest BCUT2D eigenvalue weighted by atomic mass is 19.1. The first-order valence-corrected chi connectivity index (χ1v) is 11.4. The summed E-state index contributed by atoms with van der Waals surface area (Å²) in [6.07, 6.45) is 1.32. The molecule has 0 bridgehead atoms. The van der Waals surface area contributed by atoms with Gasteiger partial charge in [0.25, 0.3) is 0 Å². The molecule has 1 atom stereocenters. The van der Waals surface area contributed by atoms with E-state index in [0.717, 1.165) is 5.56 Å². The Morgan fingerprint density at radius 1 is 1.23 bits per heavy atom. The van der Waals surface area contributed by atoms with Crippen LogP contribution in [-0.2, 0) is 11.8 Å². The monoisotopic (exact) mass is 478 g/mol. The van der Waals surface area contributed by atoms with Gasteiger partial charge < -0.3 is 19.5 Å². The fraction of sp³-hybridized carbons (Fsp3) is 0.269. The van der Waals surface area contributed by atoms with E-state index >= 15 is 8.78 Å². The lowest BCUT2D eigenvalue weighted by Crippen LogP contribution is -2.46. The third kappa shape index (κ3) is 4.01. The second kappa shape index (κ2) is 9.07. The third-order valence-electron chi connectivity index (χ3n) is 6.29. The van der Waals surface area contributed by atoms with Gasteiger partial charge in [0.05, 0.1) is 12.0 Å². The average Bonchev–Trinajstić information content (AvgIpc) is 2.86. The molecule has 3 heterocycles. The zero-order valence-corrected chi connectivity index (χ0v) is 19.3. The Labute approximate surface area is 199 Å². The van der Waals surface area contributed by atoms with Gasteiger partial charge in [0, 0.05) is 44.3 Å². The summed E-state index contributed by atoms with van der Waals surface area (Å²) in [5.74, 6) is -2.27. The molecule has 0 unspecified atom stereocenters. The number of nitrogens with one attached hydrogen (secondary N) is 1. The van der Waals surface area contributed by atoms with Gasteiger partial charge in [0.15, 0.2) is 5.82 Å². The predicted octanol–water partition coefficient (Wildman–Crippen LogP) is 3.69. The number of hydrogen-bond acceptors (Lipinski definition) is 6. The van der Waals surface area contributed by atoms with Gasteiger partial charge in [-0.15, -0.1) is 0 Å². The van der Waals surface area contributed by atoms with Crippen molar-refractivity contribution in [2.45, 2.75) is 13.0 Å². The van der Waals surface area contributed by atoms with Crippen molar-refractivity contribution < 1.29 is 18.3 Å². The van der Waals surface area contributed by atoms with Gasteiger partial charge in [-0.05, 0) is 24.6 Å². The minimum Gasteiger partial charge on any atom is -0.462 e. The molecule has 0 spiro atoms. The molecule has 180 valence electrons. The molecule has 5 rings (SSSR count). The highest BCUT2D eigenvalue weighted by molar-refractivity contribution is 5.97. The Morgan fingerprint density at radius 3 is 2.74 bits per heavy atom. The number of hydrogen-bond donors (Lipinski definition) is 1. The standard InChI is InChI=1S/C26H24F2N4O3/c1-3-35-26(34)18-13-31(2)25-17(24(18)33)11-16-12-19(27)23(21(28)22(16)30-25)32-10-9-29-20(14-32)15-7-5-4-6-8-15/h4-8,11-13,20,29H,3,9-10,14H2,1-2H3/t20-/m1/s1. The van der Waals surface area contributed by atoms with Gasteiger partial charge in [-0.25, -0.2) is 18.6 Å². The topological polar surface area (TPSA) is 76.5 Å². The van der Waals surface area contributed by atoms with E-state index in [9.17, 15) is 9.59 Å². The molecular formula is C26H24F2N4O3. The highest BCUT2D eigenvalue weighted by Gasteiger charge is 2.27. The molecule has 0 amide bonds. The zero-order valence-electron chi connectivity index (χ0n) is 19.3. The number of pyridine rings is 2. The highest BCUT2D eigenvalue weighted by Crippen LogP contribution is 2.33. The summed E-state index contributed by atoms with van der Waals surface area (Å²) in [4.78, 5) is 31.2. The first-order chi connectivity index (χ1) is 16.9. The van der Waals surface area contributed by atoms with E-state index < -0.39 is 23.0 Å². The quantitative estimate of drug-likeness (QED) is 0.356. The van der Waals surface area contributed by atoms with Crippen molar-refractivity contribution in [3.63, 3.8) is 0 Å². The van der Waals surface area contributed by atoms with Gasteiger partial charge in [-0.3, -0.25) is 4.79 Å². The van der Waals surface area contributed by atoms with Crippen LogP contribution >= 0.6 is 0 Å². The molecule has 1 aliphatic rings. The maximum Gasteiger partial charge on any atom is 0.343 e. The first-order valence-electron chi connectivity index (χ1n) is 11.4. The van der Waals surface area contributed by atoms with E-state index in [-0.39, 0.29) is 45.8 Å². The molecule has 9 heteroatoms. The maximum atomic E-state index is 15.8. The van der Waals surface area contributed by atoms with Gasteiger partial charge in [0.2, 0.25) is 5.43 Å². The van der Waals surface area contributed by atoms with Crippen LogP contribution in [0.5, 0.6) is 0 Å². The molecule has 2 aromatic heterocycles. The second-order valence-corrected chi connectivity index (χ2v) is 8.52. The Bertz CT molecular complexity index is 1500. The van der Waals surface area contributed by atoms with E-state index in [2.05, 4.69) is 10.3 Å². The lowest BCUT2D eigenvalue weighted by molar-refractivity contribution is 0.0524. The van der Waals surface area contributed by atoms with Crippen LogP contribution in [0, 0.1) is 11.6 Å². The molecule has 1 saturated heterocycles. The molecule has 0 aliphatic carbocycles. The lowest BCUT2D eigenvalue weighted by atomic mass is 10.0. The summed E-state index contributed by atoms with van der Waals surface area (Å²) in [5.41, 5.74) is 0.296. The molecular weight excluding hydrogens is 454 g/mol. The Kier molecular flexibility index (Phi) is 5.94. The van der Waals surface area contributed by atoms with Crippen molar-refractivity contribution in [1.29, 1.82) is 0 Å². The van der Waals surface area contributed by atoms with E-state index in [4.69, 9.17) is 4.74 Å². The number of esters is 1. The molecule has 0 saturated carbocycles. The normalized spacial score (nSPS) is 16.1. The van der Waals surface area contributed by atoms with Crippen molar-refractivity contribution >= 4 is 33.6 Å². The van der Waals surface area contributed by atoms with Crippen LogP contribution < -0.4 is 15.6 Å². The number of halogens is 2. The van der Waals surface area contributed by atoms with Crippen LogP contribution in [0.3, 0.4) is 0 Å². The number of piperazine rings is 1. The Hall–Kier alpha value is -3.85. The molecule has 1 fully saturated rings. The van der Waals surface area contributed by atoms with Crippen LogP contribution in [-0.4, -0.2) is 41.8 Å². The largest absolute Gasteiger partial charge is 0.462 e. The zero-order chi connectivity index (χ0) is 24.7. The summed E-state index contributed by atoms with van der Waals surface area (Å²) in [6, 6.07) is 12.2. The molecule has 4 aromatic rings. The molecule has 7 nitrogen and oxygen atoms in total. The smallest absolute Gasteiger partial charge is 0.343 e. The SMILES string of the molecule is CCOC(=O)c1cn(C)c2nc3c(F)c(N4CCN[C@@H](c5ccccc5)C4)c(F)cc3cc2c1=O. The van der Waals surface area contributed by atoms with E-state index in [0.29, 0.717) is 19.6 Å². The number of nitrogens with zero attached hydrogens (tertiary/aromatic N) is 3. The van der Waals surface area contributed by atoms with Gasteiger partial charge in [-0.2, -0.15) is 0 Å². The number of rotatable bonds is 4. The minimum absolute atomic E-state index is 0.0393. The number of carbonyl (C=O) groups excluding carboxylic acids is 1. The molecule has 35 heavy (non-hydrogen) atoms. The number of benzene rings is 2. The third-order valence-corrected chi connectivity index (χ3v) is 6.29. The van der Waals surface area contributed by atoms with E-state index in [1.165, 1.54) is 22.9 Å². The number of fused-ring (bicyclic) bond motifs is 2. The van der Waals surface area contributed by atoms with Crippen LogP contribution in [0.4, 0.5) is 14.5 Å². The summed E-state index contributed by atoms with van der Waals surface area (Å²) in [5, 5.41) is 3.62. The fourth-order valence-electron chi connectivity index (χ4n) is 4.63. The van der Waals surface area contributed by atoms with Crippen LogP contribution in [0.1, 0.15) is 28.9 Å². The van der Waals surface area contributed by atoms with Crippen LogP contribution in [0.15, 0.2) is 53.5 Å². The summed E-state index contributed by atoms with van der Waals surface area (Å²) < 4.78 is 37.5. The van der Waals surface area contributed by atoms with Gasteiger partial charge in [0.1, 0.15) is 28.2 Å². The van der Waals surface area contributed by atoms with Crippen LogP contribution in [0.25, 0.3) is 21.9 Å². The van der Waals surface area contributed by atoms with Gasteiger partial charge in [-0.1, -0.05) is 30.3 Å². The van der Waals surface area contributed by atoms with Crippen molar-refractivity contribution in [1.82, 2.24) is 14.9 Å². The molecule has 1 aliphatic heterocycles. The minimum atomic E-state index is -0.780. The number of anilines is 1. The molecule has 1 N–H and O–H groups in total. The summed E-state index contributed by atoms with van der Waals surface area (Å²) in [6.45, 7) is 3.14. The predicted molar refractivity (Wildman–Crippen MR) is 130 cm³/mol. The number of aromatic nitrogens is 2. The maximum absolute atomic E-state index is 15.8. The summed E-state index contributed by atoms with van der Waals surface area (Å²) >= 11 is 0. The van der Waals surface area contributed by atoms with Gasteiger partial charge >= 0.3 is 5.97 Å². The van der Waals surface area contributed by atoms with Crippen molar-refractivity contribution in [3.8, 4) is 0 Å².